The molecule has 0 amide bonds. The van der Waals surface area contributed by atoms with Gasteiger partial charge in [-0.15, -0.1) is 0 Å². The van der Waals surface area contributed by atoms with Crippen LogP contribution in [0.15, 0.2) is 36.7 Å². The van der Waals surface area contributed by atoms with E-state index in [1.165, 1.54) is 5.56 Å². The van der Waals surface area contributed by atoms with E-state index in [0.717, 1.165) is 23.2 Å². The Morgan fingerprint density at radius 2 is 2.00 bits per heavy atom. The van der Waals surface area contributed by atoms with E-state index in [9.17, 15) is 4.79 Å². The van der Waals surface area contributed by atoms with Crippen molar-refractivity contribution in [2.45, 2.75) is 13.8 Å². The van der Waals surface area contributed by atoms with Crippen LogP contribution in [-0.4, -0.2) is 25.8 Å². The van der Waals surface area contributed by atoms with Gasteiger partial charge in [-0.3, -0.25) is 9.48 Å². The molecule has 0 N–H and O–H groups in total. The highest BCUT2D eigenvalue weighted by Crippen LogP contribution is 2.23. The van der Waals surface area contributed by atoms with Crippen molar-refractivity contribution >= 4 is 6.29 Å². The zero-order valence-electron chi connectivity index (χ0n) is 12.2. The Kier molecular flexibility index (Phi) is 3.17. The first kappa shape index (κ1) is 13.3. The van der Waals surface area contributed by atoms with E-state index in [4.69, 9.17) is 0 Å². The number of carbonyl (C=O) groups is 1. The Morgan fingerprint density at radius 1 is 1.19 bits per heavy atom. The number of aryl methyl sites for hydroxylation is 3. The highest BCUT2D eigenvalue weighted by atomic mass is 16.1. The predicted octanol–water partition coefficient (Wildman–Crippen LogP) is 2.70. The molecule has 0 aliphatic heterocycles. The zero-order valence-corrected chi connectivity index (χ0v) is 12.2. The summed E-state index contributed by atoms with van der Waals surface area (Å²) in [6, 6.07) is 8.00. The standard InChI is InChI=1S/C16H16N4O/c1-11-4-5-14(12(2)8-11)20-9-13(10-21)16(18-20)15-6-7-17-19(15)3/h4-10H,1-3H3. The first-order valence-corrected chi connectivity index (χ1v) is 6.71. The molecular formula is C16H16N4O. The molecular weight excluding hydrogens is 264 g/mol. The van der Waals surface area contributed by atoms with E-state index in [1.807, 2.05) is 32.2 Å². The van der Waals surface area contributed by atoms with Crippen LogP contribution in [0.1, 0.15) is 21.5 Å². The molecule has 0 aliphatic carbocycles. The molecule has 0 spiro atoms. The van der Waals surface area contributed by atoms with Crippen LogP contribution < -0.4 is 0 Å². The molecule has 0 radical (unpaired) electrons. The average Bonchev–Trinajstić information content (AvgIpc) is 3.04. The molecule has 5 heteroatoms. The van der Waals surface area contributed by atoms with Gasteiger partial charge in [0.25, 0.3) is 0 Å². The van der Waals surface area contributed by atoms with Gasteiger partial charge in [-0.2, -0.15) is 10.2 Å². The molecule has 0 aliphatic rings. The van der Waals surface area contributed by atoms with Gasteiger partial charge in [0.05, 0.1) is 16.9 Å². The van der Waals surface area contributed by atoms with Crippen LogP contribution in [0.5, 0.6) is 0 Å². The van der Waals surface area contributed by atoms with Crippen LogP contribution in [-0.2, 0) is 7.05 Å². The summed E-state index contributed by atoms with van der Waals surface area (Å²) in [7, 11) is 1.83. The molecule has 0 fully saturated rings. The molecule has 3 rings (SSSR count). The summed E-state index contributed by atoms with van der Waals surface area (Å²) in [4.78, 5) is 11.3. The molecule has 0 unspecified atom stereocenters. The Balaban J connectivity index is 2.16. The number of rotatable bonds is 3. The van der Waals surface area contributed by atoms with Crippen molar-refractivity contribution in [1.29, 1.82) is 0 Å². The lowest BCUT2D eigenvalue weighted by Crippen LogP contribution is -1.99. The number of carbonyl (C=O) groups excluding carboxylic acids is 1. The number of hydrogen-bond acceptors (Lipinski definition) is 3. The summed E-state index contributed by atoms with van der Waals surface area (Å²) in [5, 5.41) is 8.70. The van der Waals surface area contributed by atoms with Crippen LogP contribution in [0.4, 0.5) is 0 Å². The summed E-state index contributed by atoms with van der Waals surface area (Å²) in [5.74, 6) is 0. The van der Waals surface area contributed by atoms with Crippen molar-refractivity contribution in [3.63, 3.8) is 0 Å². The van der Waals surface area contributed by atoms with Crippen molar-refractivity contribution in [3.8, 4) is 17.1 Å². The third-order valence-corrected chi connectivity index (χ3v) is 3.53. The fourth-order valence-electron chi connectivity index (χ4n) is 2.46. The van der Waals surface area contributed by atoms with E-state index >= 15 is 0 Å². The number of aldehydes is 1. The topological polar surface area (TPSA) is 52.7 Å². The minimum Gasteiger partial charge on any atom is -0.298 e. The van der Waals surface area contributed by atoms with Crippen molar-refractivity contribution in [1.82, 2.24) is 19.6 Å². The smallest absolute Gasteiger partial charge is 0.153 e. The molecule has 5 nitrogen and oxygen atoms in total. The molecule has 1 aromatic carbocycles. The third kappa shape index (κ3) is 2.27. The summed E-state index contributed by atoms with van der Waals surface area (Å²) < 4.78 is 3.46. The van der Waals surface area contributed by atoms with E-state index < -0.39 is 0 Å². The minimum absolute atomic E-state index is 0.554. The van der Waals surface area contributed by atoms with Crippen molar-refractivity contribution < 1.29 is 4.79 Å². The van der Waals surface area contributed by atoms with Gasteiger partial charge >= 0.3 is 0 Å². The fraction of sp³-hybridized carbons (Fsp3) is 0.188. The van der Waals surface area contributed by atoms with Gasteiger partial charge in [0.15, 0.2) is 6.29 Å². The van der Waals surface area contributed by atoms with Crippen molar-refractivity contribution in [2.24, 2.45) is 7.05 Å². The Hall–Kier alpha value is -2.69. The van der Waals surface area contributed by atoms with Gasteiger partial charge in [-0.25, -0.2) is 4.68 Å². The Morgan fingerprint density at radius 3 is 2.62 bits per heavy atom. The number of nitrogens with zero attached hydrogens (tertiary/aromatic N) is 4. The van der Waals surface area contributed by atoms with Crippen molar-refractivity contribution in [3.05, 3.63) is 53.3 Å². The predicted molar refractivity (Wildman–Crippen MR) is 80.6 cm³/mol. The highest BCUT2D eigenvalue weighted by molar-refractivity contribution is 5.84. The molecule has 21 heavy (non-hydrogen) atoms. The molecule has 2 aromatic heterocycles. The molecule has 3 aromatic rings. The lowest BCUT2D eigenvalue weighted by Gasteiger charge is -2.06. The lowest BCUT2D eigenvalue weighted by atomic mass is 10.1. The lowest BCUT2D eigenvalue weighted by molar-refractivity contribution is 0.112. The van der Waals surface area contributed by atoms with Crippen LogP contribution in [0.3, 0.4) is 0 Å². The molecule has 0 saturated carbocycles. The average molecular weight is 280 g/mol. The molecule has 0 atom stereocenters. The van der Waals surface area contributed by atoms with Crippen LogP contribution in [0, 0.1) is 13.8 Å². The van der Waals surface area contributed by atoms with Gasteiger partial charge < -0.3 is 0 Å². The highest BCUT2D eigenvalue weighted by Gasteiger charge is 2.15. The van der Waals surface area contributed by atoms with Gasteiger partial charge in [-0.05, 0) is 31.5 Å². The summed E-state index contributed by atoms with van der Waals surface area (Å²) in [5.41, 5.74) is 5.30. The van der Waals surface area contributed by atoms with E-state index in [0.29, 0.717) is 11.3 Å². The second-order valence-corrected chi connectivity index (χ2v) is 5.13. The van der Waals surface area contributed by atoms with Crippen LogP contribution >= 0.6 is 0 Å². The van der Waals surface area contributed by atoms with Crippen LogP contribution in [0.2, 0.25) is 0 Å². The van der Waals surface area contributed by atoms with Gasteiger partial charge in [0.1, 0.15) is 5.69 Å². The number of aromatic nitrogens is 4. The SMILES string of the molecule is Cc1ccc(-n2cc(C=O)c(-c3ccnn3C)n2)c(C)c1. The van der Waals surface area contributed by atoms with E-state index in [2.05, 4.69) is 23.2 Å². The minimum atomic E-state index is 0.554. The molecule has 106 valence electrons. The Bertz CT molecular complexity index is 814. The van der Waals surface area contributed by atoms with Gasteiger partial charge in [0, 0.05) is 19.4 Å². The molecule has 0 saturated heterocycles. The Labute approximate surface area is 122 Å². The quantitative estimate of drug-likeness (QED) is 0.693. The summed E-state index contributed by atoms with van der Waals surface area (Å²) in [6.07, 6.45) is 4.28. The number of benzene rings is 1. The van der Waals surface area contributed by atoms with Gasteiger partial charge in [-0.1, -0.05) is 17.7 Å². The second-order valence-electron chi connectivity index (χ2n) is 5.13. The second kappa shape index (κ2) is 5.01. The summed E-state index contributed by atoms with van der Waals surface area (Å²) >= 11 is 0. The van der Waals surface area contributed by atoms with Gasteiger partial charge in [0.2, 0.25) is 0 Å². The maximum atomic E-state index is 11.3. The first-order valence-electron chi connectivity index (χ1n) is 6.71. The summed E-state index contributed by atoms with van der Waals surface area (Å²) in [6.45, 7) is 4.09. The fourth-order valence-corrected chi connectivity index (χ4v) is 2.46. The maximum absolute atomic E-state index is 11.3. The number of hydrogen-bond donors (Lipinski definition) is 0. The maximum Gasteiger partial charge on any atom is 0.153 e. The third-order valence-electron chi connectivity index (χ3n) is 3.53. The van der Waals surface area contributed by atoms with Crippen molar-refractivity contribution in [2.75, 3.05) is 0 Å². The normalized spacial score (nSPS) is 10.8. The monoisotopic (exact) mass is 280 g/mol. The first-order chi connectivity index (χ1) is 10.1. The van der Waals surface area contributed by atoms with E-state index in [1.54, 1.807) is 21.8 Å². The zero-order chi connectivity index (χ0) is 15.0. The largest absolute Gasteiger partial charge is 0.298 e. The van der Waals surface area contributed by atoms with Crippen LogP contribution in [0.25, 0.3) is 17.1 Å². The van der Waals surface area contributed by atoms with E-state index in [-0.39, 0.29) is 0 Å². The molecule has 0 bridgehead atoms. The molecule has 2 heterocycles.